The van der Waals surface area contributed by atoms with E-state index in [9.17, 15) is 0 Å². The fourth-order valence-corrected chi connectivity index (χ4v) is 3.66. The first-order valence-corrected chi connectivity index (χ1v) is 7.99. The van der Waals surface area contributed by atoms with E-state index >= 15 is 0 Å². The van der Waals surface area contributed by atoms with Gasteiger partial charge in [-0.15, -0.1) is 0 Å². The van der Waals surface area contributed by atoms with Crippen LogP contribution >= 0.6 is 0 Å². The van der Waals surface area contributed by atoms with Gasteiger partial charge in [0.1, 0.15) is 0 Å². The molecule has 0 aromatic heterocycles. The maximum Gasteiger partial charge on any atom is 0.0641 e. The SMILES string of the molecule is CCC1CCCC(NC2CCOC(C)(C)C2)CC1. The summed E-state index contributed by atoms with van der Waals surface area (Å²) in [5.41, 5.74) is 0.0760. The van der Waals surface area contributed by atoms with Crippen LogP contribution in [0.4, 0.5) is 0 Å². The van der Waals surface area contributed by atoms with Gasteiger partial charge in [0.2, 0.25) is 0 Å². The van der Waals surface area contributed by atoms with Crippen LogP contribution in [0.1, 0.15) is 72.1 Å². The van der Waals surface area contributed by atoms with Crippen molar-refractivity contribution in [1.82, 2.24) is 5.32 Å². The lowest BCUT2D eigenvalue weighted by molar-refractivity contribution is -0.0643. The van der Waals surface area contributed by atoms with E-state index in [0.717, 1.165) is 18.6 Å². The van der Waals surface area contributed by atoms with Gasteiger partial charge in [-0.1, -0.05) is 26.2 Å². The smallest absolute Gasteiger partial charge is 0.0641 e. The van der Waals surface area contributed by atoms with Gasteiger partial charge in [-0.05, 0) is 51.9 Å². The summed E-state index contributed by atoms with van der Waals surface area (Å²) in [5, 5.41) is 3.92. The fourth-order valence-electron chi connectivity index (χ4n) is 3.66. The highest BCUT2D eigenvalue weighted by Gasteiger charge is 2.30. The van der Waals surface area contributed by atoms with Gasteiger partial charge in [-0.25, -0.2) is 0 Å². The van der Waals surface area contributed by atoms with Crippen molar-refractivity contribution in [1.29, 1.82) is 0 Å². The molecule has 3 atom stereocenters. The van der Waals surface area contributed by atoms with Crippen molar-refractivity contribution < 1.29 is 4.74 Å². The van der Waals surface area contributed by atoms with Crippen LogP contribution in [0.25, 0.3) is 0 Å². The van der Waals surface area contributed by atoms with Gasteiger partial charge in [-0.2, -0.15) is 0 Å². The first-order valence-electron chi connectivity index (χ1n) is 7.99. The number of rotatable bonds is 3. The van der Waals surface area contributed by atoms with Crippen LogP contribution in [0.5, 0.6) is 0 Å². The zero-order valence-electron chi connectivity index (χ0n) is 12.5. The monoisotopic (exact) mass is 253 g/mol. The molecule has 1 aliphatic heterocycles. The quantitative estimate of drug-likeness (QED) is 0.770. The van der Waals surface area contributed by atoms with Crippen molar-refractivity contribution in [3.63, 3.8) is 0 Å². The number of nitrogens with one attached hydrogen (secondary N) is 1. The van der Waals surface area contributed by atoms with Crippen LogP contribution in [0.2, 0.25) is 0 Å². The van der Waals surface area contributed by atoms with Gasteiger partial charge in [0.25, 0.3) is 0 Å². The molecule has 2 fully saturated rings. The summed E-state index contributed by atoms with van der Waals surface area (Å²) in [5.74, 6) is 0.989. The minimum absolute atomic E-state index is 0.0760. The van der Waals surface area contributed by atoms with Crippen molar-refractivity contribution in [2.45, 2.75) is 89.8 Å². The van der Waals surface area contributed by atoms with Crippen LogP contribution < -0.4 is 5.32 Å². The van der Waals surface area contributed by atoms with Crippen molar-refractivity contribution in [2.24, 2.45) is 5.92 Å². The van der Waals surface area contributed by atoms with Crippen LogP contribution in [0, 0.1) is 5.92 Å². The fraction of sp³-hybridized carbons (Fsp3) is 1.00. The Morgan fingerprint density at radius 1 is 1.06 bits per heavy atom. The molecule has 18 heavy (non-hydrogen) atoms. The molecule has 0 bridgehead atoms. The Morgan fingerprint density at radius 3 is 2.61 bits per heavy atom. The summed E-state index contributed by atoms with van der Waals surface area (Å²) >= 11 is 0. The Balaban J connectivity index is 1.78. The van der Waals surface area contributed by atoms with E-state index in [1.54, 1.807) is 0 Å². The third-order valence-corrected chi connectivity index (χ3v) is 4.83. The minimum Gasteiger partial charge on any atom is -0.375 e. The highest BCUT2D eigenvalue weighted by Crippen LogP contribution is 2.28. The molecule has 2 heteroatoms. The molecule has 1 saturated carbocycles. The second-order valence-electron chi connectivity index (χ2n) is 6.94. The summed E-state index contributed by atoms with van der Waals surface area (Å²) in [6.45, 7) is 7.72. The van der Waals surface area contributed by atoms with Crippen LogP contribution in [0.3, 0.4) is 0 Å². The van der Waals surface area contributed by atoms with Crippen molar-refractivity contribution in [2.75, 3.05) is 6.61 Å². The molecule has 2 rings (SSSR count). The van der Waals surface area contributed by atoms with E-state index in [1.807, 2.05) is 0 Å². The zero-order valence-corrected chi connectivity index (χ0v) is 12.5. The Bertz CT molecular complexity index is 251. The molecule has 1 saturated heterocycles. The Morgan fingerprint density at radius 2 is 1.89 bits per heavy atom. The summed E-state index contributed by atoms with van der Waals surface area (Å²) < 4.78 is 5.80. The van der Waals surface area contributed by atoms with Gasteiger partial charge in [-0.3, -0.25) is 0 Å². The average Bonchev–Trinajstić information content (AvgIpc) is 2.53. The molecule has 0 radical (unpaired) electrons. The van der Waals surface area contributed by atoms with E-state index in [0.29, 0.717) is 6.04 Å². The second kappa shape index (κ2) is 6.38. The lowest BCUT2D eigenvalue weighted by Gasteiger charge is -2.37. The molecule has 106 valence electrons. The zero-order chi connectivity index (χ0) is 13.0. The first kappa shape index (κ1) is 14.3. The molecule has 2 nitrogen and oxygen atoms in total. The van der Waals surface area contributed by atoms with E-state index in [4.69, 9.17) is 4.74 Å². The lowest BCUT2D eigenvalue weighted by Crippen LogP contribution is -2.47. The Hall–Kier alpha value is -0.0800. The lowest BCUT2D eigenvalue weighted by atomic mass is 9.92. The van der Waals surface area contributed by atoms with Gasteiger partial charge in [0.05, 0.1) is 5.60 Å². The second-order valence-corrected chi connectivity index (χ2v) is 6.94. The molecule has 1 heterocycles. The molecule has 0 spiro atoms. The van der Waals surface area contributed by atoms with E-state index in [-0.39, 0.29) is 5.60 Å². The van der Waals surface area contributed by atoms with Crippen LogP contribution in [0.15, 0.2) is 0 Å². The predicted octanol–water partition coefficient (Wildman–Crippen LogP) is 3.89. The van der Waals surface area contributed by atoms with Gasteiger partial charge < -0.3 is 10.1 Å². The summed E-state index contributed by atoms with van der Waals surface area (Å²) in [7, 11) is 0. The van der Waals surface area contributed by atoms with E-state index in [1.165, 1.54) is 51.4 Å². The molecule has 0 aromatic rings. The van der Waals surface area contributed by atoms with Crippen molar-refractivity contribution in [3.05, 3.63) is 0 Å². The molecule has 3 unspecified atom stereocenters. The Labute approximate surface area is 113 Å². The maximum atomic E-state index is 5.80. The topological polar surface area (TPSA) is 21.3 Å². The molecular weight excluding hydrogens is 222 g/mol. The third-order valence-electron chi connectivity index (χ3n) is 4.83. The molecule has 1 N–H and O–H groups in total. The maximum absolute atomic E-state index is 5.80. The minimum atomic E-state index is 0.0760. The summed E-state index contributed by atoms with van der Waals surface area (Å²) in [4.78, 5) is 0. The van der Waals surface area contributed by atoms with Crippen molar-refractivity contribution in [3.8, 4) is 0 Å². The highest BCUT2D eigenvalue weighted by molar-refractivity contribution is 4.86. The normalized spacial score (nSPS) is 37.2. The van der Waals surface area contributed by atoms with Crippen molar-refractivity contribution >= 4 is 0 Å². The molecule has 0 amide bonds. The molecule has 1 aliphatic carbocycles. The molecule has 0 aromatic carbocycles. The van der Waals surface area contributed by atoms with Crippen LogP contribution in [-0.2, 0) is 4.74 Å². The summed E-state index contributed by atoms with van der Waals surface area (Å²) in [6, 6.07) is 1.44. The third kappa shape index (κ3) is 4.24. The molecular formula is C16H31NO. The summed E-state index contributed by atoms with van der Waals surface area (Å²) in [6.07, 6.45) is 10.8. The number of hydrogen-bond donors (Lipinski definition) is 1. The average molecular weight is 253 g/mol. The van der Waals surface area contributed by atoms with Gasteiger partial charge >= 0.3 is 0 Å². The predicted molar refractivity (Wildman–Crippen MR) is 76.8 cm³/mol. The molecule has 2 aliphatic rings. The van der Waals surface area contributed by atoms with Crippen LogP contribution in [-0.4, -0.2) is 24.3 Å². The highest BCUT2D eigenvalue weighted by atomic mass is 16.5. The largest absolute Gasteiger partial charge is 0.375 e. The standard InChI is InChI=1S/C16H31NO/c1-4-13-6-5-7-14(9-8-13)17-15-10-11-18-16(2,3)12-15/h13-15,17H,4-12H2,1-3H3. The van der Waals surface area contributed by atoms with Gasteiger partial charge in [0, 0.05) is 18.7 Å². The number of hydrogen-bond acceptors (Lipinski definition) is 2. The van der Waals surface area contributed by atoms with E-state index in [2.05, 4.69) is 26.1 Å². The first-order chi connectivity index (χ1) is 8.59. The van der Waals surface area contributed by atoms with E-state index < -0.39 is 0 Å². The number of ether oxygens (including phenoxy) is 1. The van der Waals surface area contributed by atoms with Gasteiger partial charge in [0.15, 0.2) is 0 Å². The Kier molecular flexibility index (Phi) is 5.08.